The van der Waals surface area contributed by atoms with Crippen molar-refractivity contribution < 1.29 is 4.79 Å². The second-order valence-corrected chi connectivity index (χ2v) is 5.80. The molecule has 94 valence electrons. The molecule has 0 saturated heterocycles. The van der Waals surface area contributed by atoms with E-state index in [2.05, 4.69) is 4.99 Å². The lowest BCUT2D eigenvalue weighted by Gasteiger charge is -2.05. The minimum Gasteiger partial charge on any atom is -0.276 e. The van der Waals surface area contributed by atoms with Gasteiger partial charge in [-0.15, -0.1) is 0 Å². The van der Waals surface area contributed by atoms with Crippen LogP contribution in [0.15, 0.2) is 51.2 Å². The molecule has 0 unspecified atom stereocenters. The molecule has 0 saturated carbocycles. The zero-order valence-electron chi connectivity index (χ0n) is 9.56. The fraction of sp³-hybridized carbons (Fsp3) is 0. The lowest BCUT2D eigenvalue weighted by molar-refractivity contribution is 0.108. The van der Waals surface area contributed by atoms with Gasteiger partial charge in [-0.25, -0.2) is 0 Å². The average Bonchev–Trinajstić information content (AvgIpc) is 2.57. The average molecular weight is 308 g/mol. The van der Waals surface area contributed by atoms with Crippen molar-refractivity contribution >= 4 is 52.1 Å². The maximum absolute atomic E-state index is 11.2. The Bertz CT molecular complexity index is 713. The van der Waals surface area contributed by atoms with E-state index in [4.69, 9.17) is 23.2 Å². The fourth-order valence-corrected chi connectivity index (χ4v) is 3.22. The van der Waals surface area contributed by atoms with Crippen molar-refractivity contribution in [2.75, 3.05) is 0 Å². The Morgan fingerprint density at radius 3 is 2.79 bits per heavy atom. The summed E-state index contributed by atoms with van der Waals surface area (Å²) in [5.74, 6) is 0. The Morgan fingerprint density at radius 2 is 2.00 bits per heavy atom. The van der Waals surface area contributed by atoms with Gasteiger partial charge in [-0.3, -0.25) is 9.79 Å². The van der Waals surface area contributed by atoms with E-state index >= 15 is 0 Å². The molecule has 3 rings (SSSR count). The highest BCUT2D eigenvalue weighted by Gasteiger charge is 2.14. The second-order valence-electron chi connectivity index (χ2n) is 3.97. The number of hydrogen-bond donors (Lipinski definition) is 0. The molecule has 0 atom stereocenters. The van der Waals surface area contributed by atoms with Gasteiger partial charge in [0.25, 0.3) is 5.24 Å². The van der Waals surface area contributed by atoms with E-state index < -0.39 is 5.24 Å². The minimum absolute atomic E-state index is 0.440. The Morgan fingerprint density at radius 1 is 1.16 bits per heavy atom. The first kappa shape index (κ1) is 12.7. The Balaban J connectivity index is 2.14. The number of benzene rings is 2. The molecule has 0 bridgehead atoms. The van der Waals surface area contributed by atoms with Gasteiger partial charge in [-0.05, 0) is 41.9 Å². The molecule has 2 aromatic rings. The van der Waals surface area contributed by atoms with E-state index in [1.165, 1.54) is 0 Å². The van der Waals surface area contributed by atoms with Crippen molar-refractivity contribution in [1.29, 1.82) is 0 Å². The van der Waals surface area contributed by atoms with E-state index in [0.29, 0.717) is 10.6 Å². The number of aliphatic imine (C=N–C) groups is 1. The molecule has 2 nitrogen and oxygen atoms in total. The first-order valence-corrected chi connectivity index (χ1v) is 7.07. The Hall–Kier alpha value is -1.29. The van der Waals surface area contributed by atoms with E-state index in [0.717, 1.165) is 21.0 Å². The van der Waals surface area contributed by atoms with Crippen LogP contribution < -0.4 is 0 Å². The molecular formula is C14H7Cl2NOS. The summed E-state index contributed by atoms with van der Waals surface area (Å²) >= 11 is 13.2. The first-order valence-electron chi connectivity index (χ1n) is 5.49. The first-order chi connectivity index (χ1) is 9.15. The predicted octanol–water partition coefficient (Wildman–Crippen LogP) is 4.93. The number of rotatable bonds is 1. The normalized spacial score (nSPS) is 12.5. The topological polar surface area (TPSA) is 29.4 Å². The van der Waals surface area contributed by atoms with Gasteiger partial charge in [0.15, 0.2) is 0 Å². The third kappa shape index (κ3) is 2.41. The highest BCUT2D eigenvalue weighted by atomic mass is 35.5. The lowest BCUT2D eigenvalue weighted by atomic mass is 10.2. The number of nitrogens with zero attached hydrogens (tertiary/aromatic N) is 1. The molecule has 1 aliphatic heterocycles. The maximum Gasteiger partial charge on any atom is 0.252 e. The van der Waals surface area contributed by atoms with Crippen LogP contribution in [0.4, 0.5) is 5.69 Å². The molecule has 0 fully saturated rings. The van der Waals surface area contributed by atoms with Crippen molar-refractivity contribution in [2.24, 2.45) is 4.99 Å². The second kappa shape index (κ2) is 5.00. The highest BCUT2D eigenvalue weighted by Crippen LogP contribution is 2.41. The van der Waals surface area contributed by atoms with Gasteiger partial charge in [0.1, 0.15) is 0 Å². The van der Waals surface area contributed by atoms with E-state index in [9.17, 15) is 4.79 Å². The number of carbonyl (C=O) groups excluding carboxylic acids is 1. The van der Waals surface area contributed by atoms with Crippen molar-refractivity contribution in [3.8, 4) is 0 Å². The largest absolute Gasteiger partial charge is 0.276 e. The van der Waals surface area contributed by atoms with Crippen LogP contribution in [0.3, 0.4) is 0 Å². The van der Waals surface area contributed by atoms with Crippen molar-refractivity contribution in [2.45, 2.75) is 9.79 Å². The summed E-state index contributed by atoms with van der Waals surface area (Å²) in [6.45, 7) is 0. The van der Waals surface area contributed by atoms with Gasteiger partial charge < -0.3 is 0 Å². The van der Waals surface area contributed by atoms with Crippen LogP contribution in [-0.4, -0.2) is 11.5 Å². The molecule has 0 amide bonds. The van der Waals surface area contributed by atoms with Crippen molar-refractivity contribution in [3.63, 3.8) is 0 Å². The quantitative estimate of drug-likeness (QED) is 0.596. The van der Waals surface area contributed by atoms with Crippen LogP contribution in [0.1, 0.15) is 15.9 Å². The number of fused-ring (bicyclic) bond motifs is 2. The minimum atomic E-state index is -0.484. The van der Waals surface area contributed by atoms with Crippen LogP contribution in [0, 0.1) is 0 Å². The Kier molecular flexibility index (Phi) is 3.35. The molecule has 0 aliphatic carbocycles. The summed E-state index contributed by atoms with van der Waals surface area (Å²) in [6.07, 6.45) is 1.72. The SMILES string of the molecule is O=C(Cl)c1ccc2c(c1)N=Cc1c(Cl)cccc1S2. The fourth-order valence-electron chi connectivity index (χ4n) is 1.81. The molecule has 1 heterocycles. The summed E-state index contributed by atoms with van der Waals surface area (Å²) in [5, 5.41) is 0.179. The molecule has 0 aromatic heterocycles. The summed E-state index contributed by atoms with van der Waals surface area (Å²) < 4.78 is 0. The van der Waals surface area contributed by atoms with Crippen LogP contribution in [0.2, 0.25) is 5.02 Å². The third-order valence-electron chi connectivity index (χ3n) is 2.75. The predicted molar refractivity (Wildman–Crippen MR) is 79.5 cm³/mol. The van der Waals surface area contributed by atoms with Crippen LogP contribution in [-0.2, 0) is 0 Å². The van der Waals surface area contributed by atoms with Crippen LogP contribution in [0.5, 0.6) is 0 Å². The van der Waals surface area contributed by atoms with Gasteiger partial charge in [0, 0.05) is 27.1 Å². The third-order valence-corrected chi connectivity index (χ3v) is 4.44. The van der Waals surface area contributed by atoms with Gasteiger partial charge in [-0.1, -0.05) is 29.4 Å². The summed E-state index contributed by atoms with van der Waals surface area (Å²) in [6, 6.07) is 11.0. The molecule has 0 spiro atoms. The molecule has 19 heavy (non-hydrogen) atoms. The monoisotopic (exact) mass is 307 g/mol. The molecule has 0 radical (unpaired) electrons. The Labute approximate surface area is 124 Å². The van der Waals surface area contributed by atoms with Crippen LogP contribution in [0.25, 0.3) is 0 Å². The maximum atomic E-state index is 11.2. The zero-order chi connectivity index (χ0) is 13.4. The number of halogens is 2. The molecule has 2 aromatic carbocycles. The van der Waals surface area contributed by atoms with Gasteiger partial charge in [0.05, 0.1) is 10.7 Å². The van der Waals surface area contributed by atoms with Crippen molar-refractivity contribution in [1.82, 2.24) is 0 Å². The molecule has 0 N–H and O–H groups in total. The number of carbonyl (C=O) groups is 1. The highest BCUT2D eigenvalue weighted by molar-refractivity contribution is 7.99. The van der Waals surface area contributed by atoms with E-state index in [-0.39, 0.29) is 0 Å². The van der Waals surface area contributed by atoms with E-state index in [1.54, 1.807) is 30.1 Å². The number of hydrogen-bond acceptors (Lipinski definition) is 3. The lowest BCUT2D eigenvalue weighted by Crippen LogP contribution is -1.87. The summed E-state index contributed by atoms with van der Waals surface area (Å²) in [7, 11) is 0. The van der Waals surface area contributed by atoms with Gasteiger partial charge >= 0.3 is 0 Å². The van der Waals surface area contributed by atoms with Gasteiger partial charge in [0.2, 0.25) is 0 Å². The summed E-state index contributed by atoms with van der Waals surface area (Å²) in [4.78, 5) is 17.6. The zero-order valence-corrected chi connectivity index (χ0v) is 11.9. The summed E-state index contributed by atoms with van der Waals surface area (Å²) in [5.41, 5.74) is 2.06. The van der Waals surface area contributed by atoms with Gasteiger partial charge in [-0.2, -0.15) is 0 Å². The van der Waals surface area contributed by atoms with Crippen LogP contribution >= 0.6 is 35.0 Å². The smallest absolute Gasteiger partial charge is 0.252 e. The van der Waals surface area contributed by atoms with Crippen molar-refractivity contribution in [3.05, 3.63) is 52.5 Å². The molecular weight excluding hydrogens is 301 g/mol. The van der Waals surface area contributed by atoms with E-state index in [1.807, 2.05) is 24.3 Å². The molecule has 1 aliphatic rings. The molecule has 5 heteroatoms. The standard InChI is InChI=1S/C14H7Cl2NOS/c15-10-2-1-3-12-9(10)7-17-11-6-8(14(16)18)4-5-13(11)19-12/h1-7H.